The first-order valence-corrected chi connectivity index (χ1v) is 9.64. The Morgan fingerprint density at radius 1 is 1.03 bits per heavy atom. The maximum absolute atomic E-state index is 13.0. The molecule has 0 bridgehead atoms. The van der Waals surface area contributed by atoms with E-state index in [9.17, 15) is 4.79 Å². The number of furan rings is 1. The first-order valence-electron chi connectivity index (χ1n) is 9.64. The average Bonchev–Trinajstić information content (AvgIpc) is 3.48. The number of amides is 1. The average molecular weight is 401 g/mol. The molecule has 7 heteroatoms. The van der Waals surface area contributed by atoms with Crippen molar-refractivity contribution in [3.63, 3.8) is 0 Å². The van der Waals surface area contributed by atoms with Gasteiger partial charge >= 0.3 is 0 Å². The SMILES string of the molecule is O=C(NC[C@H]1COc2ccccc2O1)c1cc(-c2ccco2)nn1-c1ccccc1. The highest BCUT2D eigenvalue weighted by molar-refractivity contribution is 5.94. The minimum absolute atomic E-state index is 0.258. The molecule has 4 aromatic rings. The number of nitrogens with one attached hydrogen (secondary N) is 1. The Labute approximate surface area is 172 Å². The number of nitrogens with zero attached hydrogens (tertiary/aromatic N) is 2. The Kier molecular flexibility index (Phi) is 4.69. The summed E-state index contributed by atoms with van der Waals surface area (Å²) in [5.74, 6) is 1.73. The van der Waals surface area contributed by atoms with Crippen LogP contribution in [0.4, 0.5) is 0 Å². The van der Waals surface area contributed by atoms with Crippen LogP contribution in [0.3, 0.4) is 0 Å². The zero-order valence-electron chi connectivity index (χ0n) is 16.0. The second kappa shape index (κ2) is 7.79. The lowest BCUT2D eigenvalue weighted by Gasteiger charge is -2.26. The van der Waals surface area contributed by atoms with Gasteiger partial charge in [-0.25, -0.2) is 4.68 Å². The van der Waals surface area contributed by atoms with Gasteiger partial charge in [0, 0.05) is 6.07 Å². The molecule has 0 unspecified atom stereocenters. The van der Waals surface area contributed by atoms with Gasteiger partial charge in [-0.2, -0.15) is 5.10 Å². The topological polar surface area (TPSA) is 78.5 Å². The van der Waals surface area contributed by atoms with E-state index in [4.69, 9.17) is 13.9 Å². The third kappa shape index (κ3) is 3.53. The van der Waals surface area contributed by atoms with E-state index in [1.807, 2.05) is 60.7 Å². The van der Waals surface area contributed by atoms with Crippen LogP contribution in [0.5, 0.6) is 11.5 Å². The predicted octanol–water partition coefficient (Wildman–Crippen LogP) is 3.70. The molecular weight excluding hydrogens is 382 g/mol. The van der Waals surface area contributed by atoms with E-state index < -0.39 is 0 Å². The number of hydrogen-bond acceptors (Lipinski definition) is 5. The molecule has 0 radical (unpaired) electrons. The molecule has 7 nitrogen and oxygen atoms in total. The van der Waals surface area contributed by atoms with Crippen LogP contribution in [0.15, 0.2) is 83.5 Å². The van der Waals surface area contributed by atoms with E-state index in [0.717, 1.165) is 5.69 Å². The zero-order valence-corrected chi connectivity index (χ0v) is 16.0. The van der Waals surface area contributed by atoms with E-state index >= 15 is 0 Å². The van der Waals surface area contributed by atoms with E-state index in [1.165, 1.54) is 0 Å². The molecule has 1 aliphatic heterocycles. The van der Waals surface area contributed by atoms with Gasteiger partial charge in [-0.1, -0.05) is 30.3 Å². The lowest BCUT2D eigenvalue weighted by molar-refractivity contribution is 0.0785. The maximum Gasteiger partial charge on any atom is 0.270 e. The van der Waals surface area contributed by atoms with Crippen molar-refractivity contribution in [2.45, 2.75) is 6.10 Å². The molecular formula is C23H19N3O4. The van der Waals surface area contributed by atoms with E-state index in [1.54, 1.807) is 23.1 Å². The molecule has 2 aromatic carbocycles. The minimum Gasteiger partial charge on any atom is -0.486 e. The van der Waals surface area contributed by atoms with Crippen LogP contribution in [0, 0.1) is 0 Å². The van der Waals surface area contributed by atoms with Crippen molar-refractivity contribution in [1.29, 1.82) is 0 Å². The summed E-state index contributed by atoms with van der Waals surface area (Å²) in [5.41, 5.74) is 1.77. The fourth-order valence-electron chi connectivity index (χ4n) is 3.31. The Morgan fingerprint density at radius 2 is 1.83 bits per heavy atom. The smallest absolute Gasteiger partial charge is 0.270 e. The van der Waals surface area contributed by atoms with Crippen LogP contribution in [0.25, 0.3) is 17.1 Å². The summed E-state index contributed by atoms with van der Waals surface area (Å²) in [6.45, 7) is 0.677. The number of hydrogen-bond donors (Lipinski definition) is 1. The van der Waals surface area contributed by atoms with Crippen molar-refractivity contribution < 1.29 is 18.7 Å². The second-order valence-corrected chi connectivity index (χ2v) is 6.85. The van der Waals surface area contributed by atoms with Crippen LogP contribution in [-0.2, 0) is 0 Å². The van der Waals surface area contributed by atoms with E-state index in [2.05, 4.69) is 10.4 Å². The molecule has 3 heterocycles. The first kappa shape index (κ1) is 18.1. The quantitative estimate of drug-likeness (QED) is 0.552. The van der Waals surface area contributed by atoms with Crippen molar-refractivity contribution in [3.8, 4) is 28.6 Å². The monoisotopic (exact) mass is 401 g/mol. The second-order valence-electron chi connectivity index (χ2n) is 6.85. The zero-order chi connectivity index (χ0) is 20.3. The summed E-state index contributed by atoms with van der Waals surface area (Å²) >= 11 is 0. The molecule has 0 spiro atoms. The Bertz CT molecular complexity index is 1150. The molecule has 0 aliphatic carbocycles. The van der Waals surface area contributed by atoms with Crippen molar-refractivity contribution in [2.75, 3.05) is 13.2 Å². The largest absolute Gasteiger partial charge is 0.486 e. The van der Waals surface area contributed by atoms with Gasteiger partial charge in [-0.05, 0) is 36.4 Å². The molecule has 1 N–H and O–H groups in total. The fraction of sp³-hybridized carbons (Fsp3) is 0.130. The highest BCUT2D eigenvalue weighted by Gasteiger charge is 2.23. The number of rotatable bonds is 5. The van der Waals surface area contributed by atoms with Crippen molar-refractivity contribution >= 4 is 5.91 Å². The molecule has 1 atom stereocenters. The number of ether oxygens (including phenoxy) is 2. The number of para-hydroxylation sites is 3. The molecule has 30 heavy (non-hydrogen) atoms. The number of aromatic nitrogens is 2. The van der Waals surface area contributed by atoms with Gasteiger partial charge in [0.05, 0.1) is 18.5 Å². The summed E-state index contributed by atoms with van der Waals surface area (Å²) < 4.78 is 18.7. The van der Waals surface area contributed by atoms with Crippen molar-refractivity contribution in [1.82, 2.24) is 15.1 Å². The highest BCUT2D eigenvalue weighted by Crippen LogP contribution is 2.30. The Morgan fingerprint density at radius 3 is 2.63 bits per heavy atom. The van der Waals surface area contributed by atoms with Crippen LogP contribution < -0.4 is 14.8 Å². The standard InChI is InChI=1S/C23H19N3O4/c27-23(24-14-17-15-29-21-9-4-5-10-22(21)30-17)19-13-18(20-11-6-12-28-20)25-26(19)16-7-2-1-3-8-16/h1-13,17H,14-15H2,(H,24,27)/t17-/m0/s1. The molecule has 5 rings (SSSR count). The maximum atomic E-state index is 13.0. The summed E-state index contributed by atoms with van der Waals surface area (Å²) in [5, 5.41) is 7.51. The van der Waals surface area contributed by atoms with E-state index in [0.29, 0.717) is 41.8 Å². The van der Waals surface area contributed by atoms with Gasteiger partial charge in [-0.3, -0.25) is 4.79 Å². The van der Waals surface area contributed by atoms with Crippen molar-refractivity contribution in [3.05, 3.63) is 84.8 Å². The van der Waals surface area contributed by atoms with Gasteiger partial charge in [-0.15, -0.1) is 0 Å². The summed E-state index contributed by atoms with van der Waals surface area (Å²) in [6.07, 6.45) is 1.30. The Balaban J connectivity index is 1.36. The molecule has 1 amide bonds. The number of benzene rings is 2. The molecule has 150 valence electrons. The summed E-state index contributed by atoms with van der Waals surface area (Å²) in [4.78, 5) is 13.0. The number of carbonyl (C=O) groups is 1. The summed E-state index contributed by atoms with van der Waals surface area (Å²) in [7, 11) is 0. The van der Waals surface area contributed by atoms with Gasteiger partial charge < -0.3 is 19.2 Å². The van der Waals surface area contributed by atoms with Crippen molar-refractivity contribution in [2.24, 2.45) is 0 Å². The number of carbonyl (C=O) groups excluding carboxylic acids is 1. The van der Waals surface area contributed by atoms with Gasteiger partial charge in [0.25, 0.3) is 5.91 Å². The third-order valence-electron chi connectivity index (χ3n) is 4.77. The third-order valence-corrected chi connectivity index (χ3v) is 4.77. The minimum atomic E-state index is -0.276. The lowest BCUT2D eigenvalue weighted by Crippen LogP contribution is -2.41. The van der Waals surface area contributed by atoms with E-state index in [-0.39, 0.29) is 12.0 Å². The first-order chi connectivity index (χ1) is 14.8. The van der Waals surface area contributed by atoms with Crippen LogP contribution in [0.2, 0.25) is 0 Å². The predicted molar refractivity (Wildman–Crippen MR) is 110 cm³/mol. The highest BCUT2D eigenvalue weighted by atomic mass is 16.6. The molecule has 0 fully saturated rings. The molecule has 2 aromatic heterocycles. The van der Waals surface area contributed by atoms with Gasteiger partial charge in [0.1, 0.15) is 24.1 Å². The van der Waals surface area contributed by atoms with Crippen LogP contribution in [0.1, 0.15) is 10.5 Å². The summed E-state index contributed by atoms with van der Waals surface area (Å²) in [6, 6.07) is 22.3. The van der Waals surface area contributed by atoms with Gasteiger partial charge in [0.2, 0.25) is 0 Å². The normalized spacial score (nSPS) is 15.0. The fourth-order valence-corrected chi connectivity index (χ4v) is 3.31. The van der Waals surface area contributed by atoms with Crippen LogP contribution >= 0.6 is 0 Å². The molecule has 0 saturated heterocycles. The van der Waals surface area contributed by atoms with Gasteiger partial charge in [0.15, 0.2) is 17.3 Å². The molecule has 0 saturated carbocycles. The Hall–Kier alpha value is -4.00. The molecule has 1 aliphatic rings. The lowest BCUT2D eigenvalue weighted by atomic mass is 10.2. The number of fused-ring (bicyclic) bond motifs is 1. The van der Waals surface area contributed by atoms with Crippen LogP contribution in [-0.4, -0.2) is 34.9 Å².